The second kappa shape index (κ2) is 12.6. The molecule has 1 N–H and O–H groups in total. The summed E-state index contributed by atoms with van der Waals surface area (Å²) >= 11 is 0. The molecule has 0 fully saturated rings. The Kier molecular flexibility index (Phi) is 14.0. The molecule has 4 heteroatoms. The summed E-state index contributed by atoms with van der Waals surface area (Å²) in [6, 6.07) is 0. The second-order valence-electron chi connectivity index (χ2n) is 7.96. The van der Waals surface area contributed by atoms with Gasteiger partial charge >= 0.3 is 126 Å². The Morgan fingerprint density at radius 3 is 1.68 bits per heavy atom. The molecule has 0 heterocycles. The quantitative estimate of drug-likeness (QED) is 0.309. The van der Waals surface area contributed by atoms with Gasteiger partial charge in [-0.05, 0) is 0 Å². The number of hydrogen-bond acceptors (Lipinski definition) is 1. The maximum Gasteiger partial charge on any atom is -0.147 e. The minimum atomic E-state index is -1.93. The van der Waals surface area contributed by atoms with Crippen LogP contribution >= 0.6 is 19.2 Å². The van der Waals surface area contributed by atoms with Gasteiger partial charge in [-0.15, -0.1) is 12.4 Å². The van der Waals surface area contributed by atoms with Crippen LogP contribution in [0.3, 0.4) is 0 Å². The Morgan fingerprint density at radius 2 is 1.23 bits per heavy atom. The third-order valence-corrected chi connectivity index (χ3v) is 7.14. The number of hydrogen-bond donors (Lipinski definition) is 1. The van der Waals surface area contributed by atoms with Gasteiger partial charge in [-0.2, -0.15) is 0 Å². The van der Waals surface area contributed by atoms with Crippen molar-refractivity contribution in [2.75, 3.05) is 26.2 Å². The van der Waals surface area contributed by atoms with E-state index in [4.69, 9.17) is 0 Å². The number of unbranched alkanes of at least 4 members (excludes halogenated alkanes) is 8. The van der Waals surface area contributed by atoms with Crippen molar-refractivity contribution in [1.29, 1.82) is 0 Å². The Labute approximate surface area is 146 Å². The van der Waals surface area contributed by atoms with Gasteiger partial charge < -0.3 is 0 Å². The van der Waals surface area contributed by atoms with Crippen molar-refractivity contribution in [3.8, 4) is 0 Å². The molecule has 0 saturated heterocycles. The van der Waals surface area contributed by atoms with Crippen LogP contribution in [0.5, 0.6) is 0 Å². The fraction of sp³-hybridized carbons (Fsp3) is 0.944. The summed E-state index contributed by atoms with van der Waals surface area (Å²) in [5.41, 5.74) is 0. The van der Waals surface area contributed by atoms with E-state index in [0.29, 0.717) is 6.42 Å². The molecule has 0 aliphatic carbocycles. The van der Waals surface area contributed by atoms with Gasteiger partial charge in [-0.1, -0.05) is 6.92 Å². The zero-order valence-electron chi connectivity index (χ0n) is 15.7. The SMILES string of the molecule is CCCCCCCCCCCC(=O)NP(C)(C)(C)CCC.Cl. The molecule has 0 aromatic rings. The van der Waals surface area contributed by atoms with Crippen LogP contribution in [0.15, 0.2) is 0 Å². The first kappa shape index (κ1) is 24.4. The zero-order valence-corrected chi connectivity index (χ0v) is 17.5. The molecule has 0 rings (SSSR count). The number of carbonyl (C=O) groups is 1. The van der Waals surface area contributed by atoms with Gasteiger partial charge in [0.05, 0.1) is 0 Å². The minimum absolute atomic E-state index is 0. The van der Waals surface area contributed by atoms with Crippen LogP contribution in [-0.2, 0) is 4.79 Å². The average Bonchev–Trinajstić information content (AvgIpc) is 2.35. The van der Waals surface area contributed by atoms with E-state index in [1.165, 1.54) is 51.4 Å². The predicted octanol–water partition coefficient (Wildman–Crippen LogP) is 6.21. The van der Waals surface area contributed by atoms with Crippen molar-refractivity contribution in [3.05, 3.63) is 0 Å². The maximum atomic E-state index is 12.1. The normalized spacial score (nSPS) is 13.0. The third-order valence-electron chi connectivity index (χ3n) is 4.05. The molecule has 0 bridgehead atoms. The van der Waals surface area contributed by atoms with Crippen LogP contribution in [0.25, 0.3) is 0 Å². The van der Waals surface area contributed by atoms with Crippen molar-refractivity contribution >= 4 is 25.1 Å². The van der Waals surface area contributed by atoms with Gasteiger partial charge in [0.2, 0.25) is 0 Å². The van der Waals surface area contributed by atoms with E-state index in [1.807, 2.05) is 0 Å². The van der Waals surface area contributed by atoms with E-state index in [1.54, 1.807) is 0 Å². The van der Waals surface area contributed by atoms with Crippen LogP contribution in [0.4, 0.5) is 0 Å². The van der Waals surface area contributed by atoms with Crippen molar-refractivity contribution in [2.45, 2.75) is 84.5 Å². The van der Waals surface area contributed by atoms with Crippen molar-refractivity contribution in [2.24, 2.45) is 0 Å². The first-order chi connectivity index (χ1) is 9.78. The summed E-state index contributed by atoms with van der Waals surface area (Å²) in [4.78, 5) is 12.1. The molecular formula is C18H41ClNOP. The molecule has 0 aromatic heterocycles. The van der Waals surface area contributed by atoms with Crippen molar-refractivity contribution in [1.82, 2.24) is 5.09 Å². The average molecular weight is 354 g/mol. The standard InChI is InChI=1S/C18H40NOP.ClH/c1-6-8-9-10-11-12-13-14-15-16-18(20)19-21(3,4,5)17-7-2;/h6-17H2,1-5H3,(H,19,20);1H. The maximum absolute atomic E-state index is 12.1. The van der Waals surface area contributed by atoms with Crippen molar-refractivity contribution in [3.63, 3.8) is 0 Å². The molecule has 22 heavy (non-hydrogen) atoms. The van der Waals surface area contributed by atoms with E-state index in [-0.39, 0.29) is 18.3 Å². The van der Waals surface area contributed by atoms with E-state index in [9.17, 15) is 4.79 Å². The molecule has 0 aliphatic rings. The molecule has 0 radical (unpaired) electrons. The van der Waals surface area contributed by atoms with Gasteiger partial charge in [0.25, 0.3) is 0 Å². The Bertz CT molecular complexity index is 287. The summed E-state index contributed by atoms with van der Waals surface area (Å²) in [5.74, 6) is 0.275. The fourth-order valence-electron chi connectivity index (χ4n) is 2.95. The Hall–Kier alpha value is 0.190. The number of halogens is 1. The molecule has 0 unspecified atom stereocenters. The van der Waals surface area contributed by atoms with E-state index >= 15 is 0 Å². The summed E-state index contributed by atoms with van der Waals surface area (Å²) in [7, 11) is 0. The molecule has 1 amide bonds. The molecule has 0 spiro atoms. The first-order valence-electron chi connectivity index (χ1n) is 9.10. The Balaban J connectivity index is 0. The van der Waals surface area contributed by atoms with Crippen LogP contribution < -0.4 is 5.09 Å². The fourth-order valence-corrected chi connectivity index (χ4v) is 5.67. The molecule has 0 atom stereocenters. The van der Waals surface area contributed by atoms with Gasteiger partial charge in [0, 0.05) is 0 Å². The van der Waals surface area contributed by atoms with E-state index in [2.05, 4.69) is 38.9 Å². The summed E-state index contributed by atoms with van der Waals surface area (Å²) < 4.78 is 0. The molecular weight excluding hydrogens is 313 g/mol. The van der Waals surface area contributed by atoms with E-state index in [0.717, 1.165) is 19.0 Å². The number of carbonyl (C=O) groups excluding carboxylic acids is 1. The van der Waals surface area contributed by atoms with Crippen LogP contribution in [0.1, 0.15) is 84.5 Å². The predicted molar refractivity (Wildman–Crippen MR) is 107 cm³/mol. The second-order valence-corrected chi connectivity index (χ2v) is 14.9. The number of amides is 1. The summed E-state index contributed by atoms with van der Waals surface area (Å²) in [6.07, 6.45) is 14.8. The summed E-state index contributed by atoms with van der Waals surface area (Å²) in [5, 5.41) is 3.35. The van der Waals surface area contributed by atoms with Crippen LogP contribution in [-0.4, -0.2) is 32.1 Å². The van der Waals surface area contributed by atoms with Gasteiger partial charge in [0.15, 0.2) is 0 Å². The smallest absolute Gasteiger partial charge is 0.147 e. The molecule has 0 saturated carbocycles. The minimum Gasteiger partial charge on any atom is -0.147 e. The molecule has 0 aliphatic heterocycles. The largest absolute Gasteiger partial charge is 0.147 e. The molecule has 0 aromatic carbocycles. The molecule has 136 valence electrons. The first-order valence-corrected chi connectivity index (χ1v) is 12.9. The van der Waals surface area contributed by atoms with Crippen LogP contribution in [0, 0.1) is 0 Å². The van der Waals surface area contributed by atoms with Crippen molar-refractivity contribution < 1.29 is 4.79 Å². The molecule has 2 nitrogen and oxygen atoms in total. The van der Waals surface area contributed by atoms with Crippen LogP contribution in [0.2, 0.25) is 0 Å². The summed E-state index contributed by atoms with van der Waals surface area (Å²) in [6.45, 7) is 9.33. The van der Waals surface area contributed by atoms with Gasteiger partial charge in [0.1, 0.15) is 0 Å². The number of nitrogens with one attached hydrogen (secondary N) is 1. The monoisotopic (exact) mass is 353 g/mol. The van der Waals surface area contributed by atoms with E-state index < -0.39 is 6.75 Å². The van der Waals surface area contributed by atoms with Gasteiger partial charge in [-0.25, -0.2) is 0 Å². The number of rotatable bonds is 13. The van der Waals surface area contributed by atoms with Gasteiger partial charge in [-0.3, -0.25) is 0 Å². The topological polar surface area (TPSA) is 29.1 Å². The third kappa shape index (κ3) is 15.1. The zero-order chi connectivity index (χ0) is 16.2. The Morgan fingerprint density at radius 1 is 0.773 bits per heavy atom.